The maximum absolute atomic E-state index is 13.8. The van der Waals surface area contributed by atoms with Gasteiger partial charge in [-0.15, -0.1) is 0 Å². The summed E-state index contributed by atoms with van der Waals surface area (Å²) in [6.07, 6.45) is 28.4. The van der Waals surface area contributed by atoms with Crippen LogP contribution in [0, 0.1) is 5.41 Å². The highest BCUT2D eigenvalue weighted by Crippen LogP contribution is 2.47. The lowest BCUT2D eigenvalue weighted by Crippen LogP contribution is -2.47. The van der Waals surface area contributed by atoms with E-state index in [0.29, 0.717) is 25.2 Å². The molecule has 8 heteroatoms. The van der Waals surface area contributed by atoms with E-state index in [2.05, 4.69) is 33.9 Å². The second-order valence-corrected chi connectivity index (χ2v) is 17.6. The molecule has 0 saturated carbocycles. The molecule has 0 spiro atoms. The minimum Gasteiger partial charge on any atom is -0.494 e. The third-order valence-corrected chi connectivity index (χ3v) is 13.2. The number of nitrogens with two attached hydrogens (primary N) is 1. The summed E-state index contributed by atoms with van der Waals surface area (Å²) < 4.78 is 61.0. The van der Waals surface area contributed by atoms with Gasteiger partial charge in [0.25, 0.3) is 0 Å². The molecule has 2 N–H and O–H groups in total. The van der Waals surface area contributed by atoms with Gasteiger partial charge >= 0.3 is 0 Å². The Morgan fingerprint density at radius 1 is 0.630 bits per heavy atom. The molecular formula is C38H69NO5S2. The van der Waals surface area contributed by atoms with Crippen molar-refractivity contribution in [2.24, 2.45) is 11.1 Å². The van der Waals surface area contributed by atoms with E-state index in [4.69, 9.17) is 10.5 Å². The Labute approximate surface area is 284 Å². The van der Waals surface area contributed by atoms with Crippen LogP contribution in [0.15, 0.2) is 47.0 Å². The molecule has 0 saturated heterocycles. The molecule has 6 nitrogen and oxygen atoms in total. The number of hydrogen-bond acceptors (Lipinski definition) is 6. The molecule has 0 heterocycles. The van der Waals surface area contributed by atoms with Crippen LogP contribution in [0.3, 0.4) is 0 Å². The molecular weight excluding hydrogens is 615 g/mol. The highest BCUT2D eigenvalue weighted by atomic mass is 32.2. The first kappa shape index (κ1) is 42.6. The predicted octanol–water partition coefficient (Wildman–Crippen LogP) is 10.3. The van der Waals surface area contributed by atoms with E-state index in [1.54, 1.807) is 18.2 Å². The quantitative estimate of drug-likeness (QED) is 0.0756. The van der Waals surface area contributed by atoms with Crippen molar-refractivity contribution in [3.63, 3.8) is 0 Å². The second kappa shape index (κ2) is 23.9. The topological polar surface area (TPSA) is 104 Å². The van der Waals surface area contributed by atoms with E-state index < -0.39 is 31.1 Å². The normalized spacial score (nSPS) is 16.3. The van der Waals surface area contributed by atoms with E-state index in [1.807, 2.05) is 0 Å². The average Bonchev–Trinajstić information content (AvgIpc) is 3.03. The molecule has 1 aliphatic rings. The standard InChI is InChI=1S/C38H69NO5S2/c1-6-9-12-14-16-18-20-22-24-26-31-45(40,41)34(4)38(33-36(28-29-37(38)39)44-30-11-8-3)35(5)46(42,43)32-27-25-23-21-19-17-15-13-10-7-2/h28-29,33,37H,4-27,30-32,39H2,1-3H3. The van der Waals surface area contributed by atoms with Crippen LogP contribution in [-0.2, 0) is 24.4 Å². The van der Waals surface area contributed by atoms with Gasteiger partial charge in [0.15, 0.2) is 19.7 Å². The fourth-order valence-corrected chi connectivity index (χ4v) is 9.54. The Hall–Kier alpha value is -1.38. The second-order valence-electron chi connectivity index (χ2n) is 13.4. The van der Waals surface area contributed by atoms with Crippen molar-refractivity contribution >= 4 is 19.7 Å². The molecule has 1 rings (SSSR count). The Kier molecular flexibility index (Phi) is 22.1. The molecule has 0 aromatic heterocycles. The summed E-state index contributed by atoms with van der Waals surface area (Å²) in [7, 11) is -7.78. The lowest BCUT2D eigenvalue weighted by molar-refractivity contribution is 0.212. The van der Waals surface area contributed by atoms with Crippen LogP contribution in [0.1, 0.15) is 162 Å². The van der Waals surface area contributed by atoms with Crippen LogP contribution < -0.4 is 5.73 Å². The monoisotopic (exact) mass is 683 g/mol. The number of ether oxygens (including phenoxy) is 1. The highest BCUT2D eigenvalue weighted by molar-refractivity contribution is 7.96. The van der Waals surface area contributed by atoms with Gasteiger partial charge in [-0.05, 0) is 31.4 Å². The van der Waals surface area contributed by atoms with Crippen molar-refractivity contribution < 1.29 is 21.6 Å². The molecule has 1 atom stereocenters. The number of allylic oxidation sites excluding steroid dienone is 1. The fraction of sp³-hybridized carbons (Fsp3) is 0.789. The molecule has 1 unspecified atom stereocenters. The molecule has 46 heavy (non-hydrogen) atoms. The fourth-order valence-electron chi connectivity index (χ4n) is 6.15. The Morgan fingerprint density at radius 2 is 0.978 bits per heavy atom. The number of sulfone groups is 2. The molecule has 0 aliphatic heterocycles. The van der Waals surface area contributed by atoms with E-state index >= 15 is 0 Å². The maximum atomic E-state index is 13.8. The summed E-state index contributed by atoms with van der Waals surface area (Å²) in [5.74, 6) is 0.221. The van der Waals surface area contributed by atoms with Gasteiger partial charge in [0.2, 0.25) is 0 Å². The molecule has 1 aliphatic carbocycles. The minimum absolute atomic E-state index is 0.0911. The lowest BCUT2D eigenvalue weighted by Gasteiger charge is -2.40. The van der Waals surface area contributed by atoms with Gasteiger partial charge in [0, 0.05) is 6.04 Å². The van der Waals surface area contributed by atoms with Crippen LogP contribution >= 0.6 is 0 Å². The summed E-state index contributed by atoms with van der Waals surface area (Å²) in [6.45, 7) is 15.0. The van der Waals surface area contributed by atoms with E-state index in [0.717, 1.165) is 51.4 Å². The van der Waals surface area contributed by atoms with Gasteiger partial charge < -0.3 is 10.5 Å². The molecule has 0 aromatic carbocycles. The highest BCUT2D eigenvalue weighted by Gasteiger charge is 2.50. The van der Waals surface area contributed by atoms with Crippen molar-refractivity contribution in [3.8, 4) is 0 Å². The van der Waals surface area contributed by atoms with E-state index in [9.17, 15) is 16.8 Å². The summed E-state index contributed by atoms with van der Waals surface area (Å²) in [4.78, 5) is -0.387. The lowest BCUT2D eigenvalue weighted by atomic mass is 9.77. The molecule has 0 radical (unpaired) electrons. The first-order valence-corrected chi connectivity index (χ1v) is 21.9. The van der Waals surface area contributed by atoms with E-state index in [-0.39, 0.29) is 21.3 Å². The first-order chi connectivity index (χ1) is 22.0. The van der Waals surface area contributed by atoms with Crippen LogP contribution in [0.5, 0.6) is 0 Å². The summed E-state index contributed by atoms with van der Waals surface area (Å²) in [6, 6.07) is -0.948. The third kappa shape index (κ3) is 15.2. The van der Waals surface area contributed by atoms with Crippen molar-refractivity contribution in [1.29, 1.82) is 0 Å². The molecule has 0 fully saturated rings. The van der Waals surface area contributed by atoms with Crippen molar-refractivity contribution in [1.82, 2.24) is 0 Å². The first-order valence-electron chi connectivity index (χ1n) is 18.6. The number of unbranched alkanes of at least 4 members (excludes halogenated alkanes) is 19. The zero-order valence-corrected chi connectivity index (χ0v) is 31.5. The third-order valence-electron chi connectivity index (χ3n) is 9.34. The molecule has 268 valence electrons. The van der Waals surface area contributed by atoms with Gasteiger partial charge in [0.05, 0.1) is 33.3 Å². The Bertz CT molecular complexity index is 1070. The summed E-state index contributed by atoms with van der Waals surface area (Å²) >= 11 is 0. The largest absolute Gasteiger partial charge is 0.494 e. The zero-order chi connectivity index (χ0) is 34.3. The van der Waals surface area contributed by atoms with Crippen LogP contribution in [0.25, 0.3) is 0 Å². The van der Waals surface area contributed by atoms with Crippen molar-refractivity contribution in [2.45, 2.75) is 168 Å². The molecule has 0 amide bonds. The summed E-state index contributed by atoms with van der Waals surface area (Å²) in [5.41, 5.74) is 4.91. The SMILES string of the molecule is C=C(C1(C(=C)S(=O)(=O)CCCCCCCCCCCC)C=C(OCCCC)C=CC1N)S(=O)(=O)CCCCCCCCCCCC. The van der Waals surface area contributed by atoms with Crippen molar-refractivity contribution in [3.05, 3.63) is 47.0 Å². The van der Waals surface area contributed by atoms with Gasteiger partial charge in [0.1, 0.15) is 5.76 Å². The van der Waals surface area contributed by atoms with Gasteiger partial charge in [-0.25, -0.2) is 16.8 Å². The van der Waals surface area contributed by atoms with Gasteiger partial charge in [-0.2, -0.15) is 0 Å². The van der Waals surface area contributed by atoms with Crippen LogP contribution in [-0.4, -0.2) is 41.0 Å². The smallest absolute Gasteiger partial charge is 0.175 e. The maximum Gasteiger partial charge on any atom is 0.175 e. The van der Waals surface area contributed by atoms with Gasteiger partial charge in [-0.1, -0.05) is 162 Å². The van der Waals surface area contributed by atoms with Crippen LogP contribution in [0.2, 0.25) is 0 Å². The summed E-state index contributed by atoms with van der Waals surface area (Å²) in [5, 5.41) is 0. The molecule has 0 bridgehead atoms. The van der Waals surface area contributed by atoms with Crippen molar-refractivity contribution in [2.75, 3.05) is 18.1 Å². The Balaban J connectivity index is 2.94. The number of hydrogen-bond donors (Lipinski definition) is 1. The molecule has 0 aromatic rings. The predicted molar refractivity (Wildman–Crippen MR) is 198 cm³/mol. The zero-order valence-electron chi connectivity index (χ0n) is 29.8. The minimum atomic E-state index is -3.89. The van der Waals surface area contributed by atoms with Gasteiger partial charge in [-0.3, -0.25) is 0 Å². The Morgan fingerprint density at radius 3 is 1.35 bits per heavy atom. The average molecular weight is 684 g/mol. The van der Waals surface area contributed by atoms with E-state index in [1.165, 1.54) is 77.0 Å². The number of rotatable bonds is 30. The van der Waals surface area contributed by atoms with Crippen LogP contribution in [0.4, 0.5) is 0 Å².